The predicted octanol–water partition coefficient (Wildman–Crippen LogP) is -0.992. The largest absolute Gasteiger partial charge is 0.477 e. The van der Waals surface area contributed by atoms with Gasteiger partial charge in [-0.3, -0.25) is 0 Å². The third-order valence-electron chi connectivity index (χ3n) is 0.964. The normalized spacial score (nSPS) is 11.2. The zero-order valence-electron chi connectivity index (χ0n) is 6.84. The summed E-state index contributed by atoms with van der Waals surface area (Å²) in [6.45, 7) is 0. The lowest BCUT2D eigenvalue weighted by molar-refractivity contribution is -0.470. The van der Waals surface area contributed by atoms with E-state index >= 15 is 0 Å². The van der Waals surface area contributed by atoms with Crippen molar-refractivity contribution in [3.05, 3.63) is 0 Å². The first-order chi connectivity index (χ1) is 6.01. The van der Waals surface area contributed by atoms with Crippen molar-refractivity contribution in [1.29, 1.82) is 0 Å². The molecule has 0 bridgehead atoms. The molecule has 0 aromatic rings. The van der Waals surface area contributed by atoms with Crippen LogP contribution in [0, 0.1) is 0 Å². The molecule has 8 nitrogen and oxygen atoms in total. The average Bonchev–Trinajstić information content (AvgIpc) is 2.03. The molecule has 0 atom stereocenters. The molecule has 0 aromatic heterocycles. The molecular weight excluding hydrogens is 188 g/mol. The van der Waals surface area contributed by atoms with Gasteiger partial charge in [-0.15, -0.1) is 0 Å². The molecule has 0 aromatic carbocycles. The van der Waals surface area contributed by atoms with E-state index in [2.05, 4.69) is 19.6 Å². The molecule has 0 unspecified atom stereocenters. The van der Waals surface area contributed by atoms with Gasteiger partial charge in [0, 0.05) is 0 Å². The van der Waals surface area contributed by atoms with Gasteiger partial charge < -0.3 is 10.2 Å². The molecule has 0 aliphatic rings. The highest BCUT2D eigenvalue weighted by Crippen LogP contribution is 2.14. The van der Waals surface area contributed by atoms with Gasteiger partial charge in [-0.1, -0.05) is 0 Å². The fraction of sp³-hybridized carbons (Fsp3) is 0.600. The van der Waals surface area contributed by atoms with Crippen molar-refractivity contribution in [2.24, 2.45) is 0 Å². The Kier molecular flexibility index (Phi) is 4.28. The van der Waals surface area contributed by atoms with Gasteiger partial charge >= 0.3 is 17.7 Å². The third kappa shape index (κ3) is 2.36. The van der Waals surface area contributed by atoms with E-state index in [0.29, 0.717) is 0 Å². The average molecular weight is 196 g/mol. The van der Waals surface area contributed by atoms with Gasteiger partial charge in [0.05, 0.1) is 14.2 Å². The number of carboxylic acids is 2. The maximum absolute atomic E-state index is 10.5. The topological polar surface area (TPSA) is 112 Å². The van der Waals surface area contributed by atoms with Crippen molar-refractivity contribution in [2.45, 2.75) is 5.79 Å². The van der Waals surface area contributed by atoms with Crippen LogP contribution in [0.15, 0.2) is 0 Å². The summed E-state index contributed by atoms with van der Waals surface area (Å²) in [4.78, 5) is 36.6. The molecule has 76 valence electrons. The van der Waals surface area contributed by atoms with Crippen molar-refractivity contribution in [3.63, 3.8) is 0 Å². The SMILES string of the molecule is COOC(OOC)(C(=O)O)C(=O)O. The smallest absolute Gasteiger partial charge is 0.423 e. The molecule has 13 heavy (non-hydrogen) atoms. The van der Waals surface area contributed by atoms with Crippen LogP contribution in [0.4, 0.5) is 0 Å². The quantitative estimate of drug-likeness (QED) is 0.241. The van der Waals surface area contributed by atoms with E-state index in [1.165, 1.54) is 0 Å². The van der Waals surface area contributed by atoms with E-state index in [4.69, 9.17) is 10.2 Å². The second-order valence-electron chi connectivity index (χ2n) is 1.73. The molecule has 0 aliphatic heterocycles. The van der Waals surface area contributed by atoms with Crippen LogP contribution in [0.3, 0.4) is 0 Å². The van der Waals surface area contributed by atoms with Crippen LogP contribution in [0.2, 0.25) is 0 Å². The van der Waals surface area contributed by atoms with E-state index in [1.807, 2.05) is 0 Å². The van der Waals surface area contributed by atoms with E-state index in [0.717, 1.165) is 14.2 Å². The summed E-state index contributed by atoms with van der Waals surface area (Å²) in [5.74, 6) is -6.84. The molecule has 0 amide bonds. The first kappa shape index (κ1) is 11.8. The minimum absolute atomic E-state index is 0.930. The molecule has 0 fully saturated rings. The van der Waals surface area contributed by atoms with Gasteiger partial charge in [0.1, 0.15) is 0 Å². The Hall–Kier alpha value is -1.22. The molecule has 0 heterocycles. The van der Waals surface area contributed by atoms with Crippen LogP contribution in [-0.2, 0) is 29.1 Å². The molecule has 0 rings (SSSR count). The highest BCUT2D eigenvalue weighted by atomic mass is 17.3. The van der Waals surface area contributed by atoms with Crippen LogP contribution < -0.4 is 0 Å². The summed E-state index contributed by atoms with van der Waals surface area (Å²) in [6, 6.07) is 0. The van der Waals surface area contributed by atoms with Crippen molar-refractivity contribution >= 4 is 11.9 Å². The third-order valence-corrected chi connectivity index (χ3v) is 0.964. The molecule has 2 N–H and O–H groups in total. The van der Waals surface area contributed by atoms with E-state index < -0.39 is 17.7 Å². The molecule has 0 saturated carbocycles. The lowest BCUT2D eigenvalue weighted by atomic mass is 10.3. The van der Waals surface area contributed by atoms with Crippen LogP contribution >= 0.6 is 0 Å². The first-order valence-corrected chi connectivity index (χ1v) is 2.91. The molecule has 0 saturated heterocycles. The predicted molar refractivity (Wildman–Crippen MR) is 34.2 cm³/mol. The summed E-state index contributed by atoms with van der Waals surface area (Å²) in [7, 11) is 1.86. The molecular formula is C5H8O8. The Labute approximate surface area is 72.4 Å². The van der Waals surface area contributed by atoms with Gasteiger partial charge in [0.2, 0.25) is 0 Å². The maximum Gasteiger partial charge on any atom is 0.423 e. The van der Waals surface area contributed by atoms with Crippen LogP contribution in [0.1, 0.15) is 0 Å². The molecule has 0 radical (unpaired) electrons. The van der Waals surface area contributed by atoms with E-state index in [9.17, 15) is 9.59 Å². The van der Waals surface area contributed by atoms with Crippen molar-refractivity contribution in [2.75, 3.05) is 14.2 Å². The van der Waals surface area contributed by atoms with Gasteiger partial charge in [-0.05, 0) is 0 Å². The van der Waals surface area contributed by atoms with Gasteiger partial charge in [0.15, 0.2) is 0 Å². The molecule has 0 aliphatic carbocycles. The Morgan fingerprint density at radius 1 is 1.00 bits per heavy atom. The Balaban J connectivity index is 4.80. The number of hydrogen-bond acceptors (Lipinski definition) is 6. The fourth-order valence-electron chi connectivity index (χ4n) is 0.483. The van der Waals surface area contributed by atoms with Crippen molar-refractivity contribution in [1.82, 2.24) is 0 Å². The number of carboxylic acid groups (broad SMARTS) is 2. The summed E-state index contributed by atoms with van der Waals surface area (Å²) in [5, 5.41) is 16.9. The lowest BCUT2D eigenvalue weighted by Gasteiger charge is -2.19. The summed E-state index contributed by atoms with van der Waals surface area (Å²) in [6.07, 6.45) is 0. The summed E-state index contributed by atoms with van der Waals surface area (Å²) >= 11 is 0. The number of rotatable bonds is 6. The highest BCUT2D eigenvalue weighted by Gasteiger charge is 2.53. The van der Waals surface area contributed by atoms with Gasteiger partial charge in [-0.25, -0.2) is 19.4 Å². The standard InChI is InChI=1S/C5H8O8/c1-10-12-5(3(6)7,4(8)9)13-11-2/h1-2H3,(H,6,7)(H,8,9). The summed E-state index contributed by atoms with van der Waals surface area (Å²) < 4.78 is 0. The Morgan fingerprint density at radius 2 is 1.31 bits per heavy atom. The van der Waals surface area contributed by atoms with Crippen LogP contribution in [0.25, 0.3) is 0 Å². The van der Waals surface area contributed by atoms with Gasteiger partial charge in [0.25, 0.3) is 0 Å². The van der Waals surface area contributed by atoms with E-state index in [-0.39, 0.29) is 0 Å². The monoisotopic (exact) mass is 196 g/mol. The van der Waals surface area contributed by atoms with Crippen molar-refractivity contribution < 1.29 is 39.4 Å². The molecule has 0 spiro atoms. The zero-order chi connectivity index (χ0) is 10.5. The molecule has 8 heteroatoms. The summed E-state index contributed by atoms with van der Waals surface area (Å²) in [5.41, 5.74) is 0. The minimum Gasteiger partial charge on any atom is -0.477 e. The van der Waals surface area contributed by atoms with Crippen LogP contribution in [0.5, 0.6) is 0 Å². The second kappa shape index (κ2) is 4.72. The van der Waals surface area contributed by atoms with Crippen LogP contribution in [-0.4, -0.2) is 42.2 Å². The maximum atomic E-state index is 10.5. The van der Waals surface area contributed by atoms with Crippen molar-refractivity contribution in [3.8, 4) is 0 Å². The number of aliphatic carboxylic acids is 2. The lowest BCUT2D eigenvalue weighted by Crippen LogP contribution is -2.51. The number of carbonyl (C=O) groups is 2. The Bertz CT molecular complexity index is 177. The minimum atomic E-state index is -3.01. The second-order valence-corrected chi connectivity index (χ2v) is 1.73. The first-order valence-electron chi connectivity index (χ1n) is 2.91. The Morgan fingerprint density at radius 3 is 1.46 bits per heavy atom. The van der Waals surface area contributed by atoms with Gasteiger partial charge in [-0.2, -0.15) is 9.78 Å². The van der Waals surface area contributed by atoms with E-state index in [1.54, 1.807) is 0 Å². The fourth-order valence-corrected chi connectivity index (χ4v) is 0.483. The zero-order valence-corrected chi connectivity index (χ0v) is 6.84. The highest BCUT2D eigenvalue weighted by molar-refractivity contribution is 5.99. The number of hydrogen-bond donors (Lipinski definition) is 2.